The molecule has 0 radical (unpaired) electrons. The molecule has 6 nitrogen and oxygen atoms in total. The van der Waals surface area contributed by atoms with Crippen molar-refractivity contribution in [3.05, 3.63) is 64.8 Å². The molecule has 2 saturated heterocycles. The number of fused-ring (bicyclic) bond motifs is 2. The van der Waals surface area contributed by atoms with E-state index in [1.165, 1.54) is 16.5 Å². The fourth-order valence-electron chi connectivity index (χ4n) is 5.27. The molecule has 0 aliphatic carbocycles. The first-order valence-electron chi connectivity index (χ1n) is 10.4. The zero-order valence-corrected chi connectivity index (χ0v) is 17.2. The Morgan fingerprint density at radius 1 is 1.27 bits per heavy atom. The monoisotopic (exact) mass is 406 g/mol. The highest BCUT2D eigenvalue weighted by atomic mass is 16.5. The topological polar surface area (TPSA) is 74.8 Å². The summed E-state index contributed by atoms with van der Waals surface area (Å²) in [4.78, 5) is 17.1. The summed E-state index contributed by atoms with van der Waals surface area (Å²) in [5.74, 6) is 0.921. The van der Waals surface area contributed by atoms with Crippen molar-refractivity contribution in [2.24, 2.45) is 11.8 Å². The van der Waals surface area contributed by atoms with E-state index in [9.17, 15) is 9.90 Å². The van der Waals surface area contributed by atoms with Gasteiger partial charge in [0, 0.05) is 53.6 Å². The minimum Gasteiger partial charge on any atom is -0.496 e. The molecule has 1 unspecified atom stereocenters. The summed E-state index contributed by atoms with van der Waals surface area (Å²) in [6, 6.07) is 11.7. The molecule has 3 heterocycles. The largest absolute Gasteiger partial charge is 0.496 e. The van der Waals surface area contributed by atoms with Crippen molar-refractivity contribution >= 4 is 16.9 Å². The predicted molar refractivity (Wildman–Crippen MR) is 114 cm³/mol. The van der Waals surface area contributed by atoms with Crippen LogP contribution >= 0.6 is 0 Å². The van der Waals surface area contributed by atoms with Gasteiger partial charge in [0.1, 0.15) is 5.75 Å². The number of nitrogens with zero attached hydrogens (tertiary/aromatic N) is 1. The molecule has 30 heavy (non-hydrogen) atoms. The number of carboxylic acids is 1. The van der Waals surface area contributed by atoms with Gasteiger partial charge in [-0.2, -0.15) is 0 Å². The highest BCUT2D eigenvalue weighted by Crippen LogP contribution is 2.46. The molecule has 2 aliphatic rings. The summed E-state index contributed by atoms with van der Waals surface area (Å²) in [5.41, 5.74) is 4.97. The summed E-state index contributed by atoms with van der Waals surface area (Å²) < 4.78 is 11.6. The number of aromatic carboxylic acids is 1. The molecule has 3 atom stereocenters. The van der Waals surface area contributed by atoms with Gasteiger partial charge in [-0.15, -0.1) is 0 Å². The van der Waals surface area contributed by atoms with Gasteiger partial charge < -0.3 is 19.6 Å². The molecule has 2 aliphatic heterocycles. The highest BCUT2D eigenvalue weighted by molar-refractivity contribution is 5.88. The number of H-pyrrole nitrogens is 1. The van der Waals surface area contributed by atoms with E-state index < -0.39 is 5.97 Å². The Balaban J connectivity index is 1.53. The van der Waals surface area contributed by atoms with Crippen LogP contribution in [0.25, 0.3) is 10.9 Å². The summed E-state index contributed by atoms with van der Waals surface area (Å²) in [5, 5.41) is 10.4. The number of carbonyl (C=O) groups is 1. The average molecular weight is 406 g/mol. The van der Waals surface area contributed by atoms with Crippen LogP contribution in [0.15, 0.2) is 42.6 Å². The van der Waals surface area contributed by atoms with Crippen molar-refractivity contribution < 1.29 is 19.4 Å². The third-order valence-corrected chi connectivity index (χ3v) is 6.71. The van der Waals surface area contributed by atoms with E-state index in [0.717, 1.165) is 43.1 Å². The molecular formula is C24H26N2O4. The third kappa shape index (κ3) is 3.07. The number of benzene rings is 2. The van der Waals surface area contributed by atoms with Crippen LogP contribution < -0.4 is 4.74 Å². The summed E-state index contributed by atoms with van der Waals surface area (Å²) >= 11 is 0. The average Bonchev–Trinajstić information content (AvgIpc) is 3.46. The van der Waals surface area contributed by atoms with Crippen molar-refractivity contribution in [3.8, 4) is 5.75 Å². The van der Waals surface area contributed by atoms with Gasteiger partial charge in [-0.3, -0.25) is 4.90 Å². The van der Waals surface area contributed by atoms with Crippen molar-refractivity contribution in [3.63, 3.8) is 0 Å². The summed E-state index contributed by atoms with van der Waals surface area (Å²) in [6.07, 6.45) is 1.98. The van der Waals surface area contributed by atoms with Gasteiger partial charge >= 0.3 is 5.97 Å². The molecule has 0 amide bonds. The van der Waals surface area contributed by atoms with E-state index in [1.807, 2.05) is 18.3 Å². The smallest absolute Gasteiger partial charge is 0.335 e. The molecule has 2 fully saturated rings. The number of rotatable bonds is 5. The normalized spacial score (nSPS) is 23.7. The first-order chi connectivity index (χ1) is 14.6. The highest BCUT2D eigenvalue weighted by Gasteiger charge is 2.45. The Labute approximate surface area is 175 Å². The number of hydrogen-bond donors (Lipinski definition) is 2. The van der Waals surface area contributed by atoms with Crippen LogP contribution in [0.5, 0.6) is 5.75 Å². The van der Waals surface area contributed by atoms with Crippen molar-refractivity contribution in [1.82, 2.24) is 9.88 Å². The molecule has 0 bridgehead atoms. The standard InChI is InChI=1S/C24H26N2O4/c1-14-9-21(29-2)19(18-7-8-25-22(14)18)11-26-10-17-12-30-13-20(17)23(26)15-3-5-16(6-4-15)24(27)28/h3-9,17,20,23,25H,10-13H2,1-2H3,(H,27,28)/t17-,20+,23?/m1/s1. The minimum atomic E-state index is -0.897. The molecule has 5 rings (SSSR count). The van der Waals surface area contributed by atoms with Crippen LogP contribution in [0.2, 0.25) is 0 Å². The van der Waals surface area contributed by atoms with Crippen LogP contribution in [0.3, 0.4) is 0 Å². The van der Waals surface area contributed by atoms with E-state index in [-0.39, 0.29) is 6.04 Å². The molecule has 0 saturated carbocycles. The van der Waals surface area contributed by atoms with E-state index in [1.54, 1.807) is 19.2 Å². The zero-order chi connectivity index (χ0) is 20.8. The maximum Gasteiger partial charge on any atom is 0.335 e. The first kappa shape index (κ1) is 19.2. The molecule has 156 valence electrons. The van der Waals surface area contributed by atoms with Crippen molar-refractivity contribution in [1.29, 1.82) is 0 Å². The molecule has 2 aromatic carbocycles. The first-order valence-corrected chi connectivity index (χ1v) is 10.4. The van der Waals surface area contributed by atoms with Gasteiger partial charge in [0.25, 0.3) is 0 Å². The Bertz CT molecular complexity index is 1090. The van der Waals surface area contributed by atoms with Crippen LogP contribution in [-0.4, -0.2) is 47.8 Å². The van der Waals surface area contributed by atoms with Crippen LogP contribution in [0.1, 0.15) is 33.1 Å². The summed E-state index contributed by atoms with van der Waals surface area (Å²) in [7, 11) is 1.73. The van der Waals surface area contributed by atoms with Crippen LogP contribution in [0, 0.1) is 18.8 Å². The second-order valence-corrected chi connectivity index (χ2v) is 8.40. The van der Waals surface area contributed by atoms with E-state index in [4.69, 9.17) is 9.47 Å². The Hall–Kier alpha value is -2.83. The third-order valence-electron chi connectivity index (χ3n) is 6.71. The number of carboxylic acid groups (broad SMARTS) is 1. The lowest BCUT2D eigenvalue weighted by Gasteiger charge is -2.29. The molecule has 1 aromatic heterocycles. The number of nitrogens with one attached hydrogen (secondary N) is 1. The van der Waals surface area contributed by atoms with Gasteiger partial charge in [0.05, 0.1) is 25.9 Å². The number of methoxy groups -OCH3 is 1. The van der Waals surface area contributed by atoms with Crippen LogP contribution in [0.4, 0.5) is 0 Å². The quantitative estimate of drug-likeness (QED) is 0.670. The van der Waals surface area contributed by atoms with Crippen molar-refractivity contribution in [2.45, 2.75) is 19.5 Å². The number of ether oxygens (including phenoxy) is 2. The lowest BCUT2D eigenvalue weighted by Crippen LogP contribution is -2.27. The number of hydrogen-bond acceptors (Lipinski definition) is 4. The number of aromatic amines is 1. The fraction of sp³-hybridized carbons (Fsp3) is 0.375. The van der Waals surface area contributed by atoms with Crippen molar-refractivity contribution in [2.75, 3.05) is 26.9 Å². The molecular weight excluding hydrogens is 380 g/mol. The maximum absolute atomic E-state index is 11.3. The molecule has 2 N–H and O–H groups in total. The van der Waals surface area contributed by atoms with Gasteiger partial charge in [-0.1, -0.05) is 12.1 Å². The lowest BCUT2D eigenvalue weighted by atomic mass is 9.89. The zero-order valence-electron chi connectivity index (χ0n) is 17.2. The van der Waals surface area contributed by atoms with E-state index >= 15 is 0 Å². The van der Waals surface area contributed by atoms with Gasteiger partial charge in [0.15, 0.2) is 0 Å². The number of aryl methyl sites for hydroxylation is 1. The molecule has 3 aromatic rings. The second-order valence-electron chi connectivity index (χ2n) is 8.40. The van der Waals surface area contributed by atoms with Crippen LogP contribution in [-0.2, 0) is 11.3 Å². The van der Waals surface area contributed by atoms with Gasteiger partial charge in [-0.25, -0.2) is 4.79 Å². The maximum atomic E-state index is 11.3. The lowest BCUT2D eigenvalue weighted by molar-refractivity contribution is 0.0696. The molecule has 6 heteroatoms. The summed E-state index contributed by atoms with van der Waals surface area (Å²) in [6.45, 7) is 5.36. The van der Waals surface area contributed by atoms with E-state index in [2.05, 4.69) is 28.9 Å². The van der Waals surface area contributed by atoms with Gasteiger partial charge in [-0.05, 0) is 42.3 Å². The second kappa shape index (κ2) is 7.45. The molecule has 0 spiro atoms. The van der Waals surface area contributed by atoms with Gasteiger partial charge in [0.2, 0.25) is 0 Å². The Morgan fingerprint density at radius 3 is 2.80 bits per heavy atom. The van der Waals surface area contributed by atoms with E-state index in [0.29, 0.717) is 17.4 Å². The predicted octanol–water partition coefficient (Wildman–Crippen LogP) is 4.00. The fourth-order valence-corrected chi connectivity index (χ4v) is 5.27. The minimum absolute atomic E-state index is 0.195. The number of likely N-dealkylation sites (tertiary alicyclic amines) is 1. The Morgan fingerprint density at radius 2 is 2.07 bits per heavy atom. The SMILES string of the molecule is COc1cc(C)c2[nH]ccc2c1CN1C[C@@H]2COC[C@@H]2C1c1ccc(C(=O)O)cc1. The Kier molecular flexibility index (Phi) is 4.76. The number of aromatic nitrogens is 1.